The second-order valence-corrected chi connectivity index (χ2v) is 9.70. The number of hydrogen-bond donors (Lipinski definition) is 1. The predicted octanol–water partition coefficient (Wildman–Crippen LogP) is 1.80. The van der Waals surface area contributed by atoms with Crippen LogP contribution in [-0.4, -0.2) is 67.2 Å². The number of aromatic nitrogens is 1. The van der Waals surface area contributed by atoms with Crippen LogP contribution in [0.15, 0.2) is 35.1 Å². The van der Waals surface area contributed by atoms with Crippen LogP contribution in [0.3, 0.4) is 0 Å². The van der Waals surface area contributed by atoms with E-state index in [4.69, 9.17) is 4.74 Å². The fraction of sp³-hybridized carbons (Fsp3) is 0.550. The summed E-state index contributed by atoms with van der Waals surface area (Å²) in [5, 5.41) is 0.907. The molecule has 2 heterocycles. The van der Waals surface area contributed by atoms with E-state index in [1.54, 1.807) is 10.4 Å². The van der Waals surface area contributed by atoms with Crippen molar-refractivity contribution in [3.8, 4) is 5.75 Å². The van der Waals surface area contributed by atoms with Gasteiger partial charge in [-0.25, -0.2) is 8.42 Å². The maximum atomic E-state index is 12.5. The van der Waals surface area contributed by atoms with Crippen molar-refractivity contribution in [2.45, 2.75) is 31.7 Å². The summed E-state index contributed by atoms with van der Waals surface area (Å²) in [5.41, 5.74) is 0.643. The Balaban J connectivity index is 1.20. The number of piperazine rings is 1. The van der Waals surface area contributed by atoms with Gasteiger partial charge < -0.3 is 9.72 Å². The van der Waals surface area contributed by atoms with Gasteiger partial charge >= 0.3 is 0 Å². The summed E-state index contributed by atoms with van der Waals surface area (Å²) in [6, 6.07) is 9.46. The molecular weight excluding hydrogens is 378 g/mol. The molecule has 4 rings (SSSR count). The van der Waals surface area contributed by atoms with Crippen molar-refractivity contribution in [3.63, 3.8) is 0 Å². The summed E-state index contributed by atoms with van der Waals surface area (Å²) in [6.45, 7) is 3.43. The molecule has 1 N–H and O–H groups in total. The number of aromatic amines is 1. The Morgan fingerprint density at radius 1 is 1.04 bits per heavy atom. The van der Waals surface area contributed by atoms with Gasteiger partial charge in [0.25, 0.3) is 0 Å². The number of ether oxygens (including phenoxy) is 1. The monoisotopic (exact) mass is 405 g/mol. The summed E-state index contributed by atoms with van der Waals surface area (Å²) in [4.78, 5) is 16.5. The molecular formula is C20H27N3O4S. The third-order valence-electron chi connectivity index (χ3n) is 5.49. The lowest BCUT2D eigenvalue weighted by Gasteiger charge is -2.34. The average molecular weight is 406 g/mol. The molecule has 2 aliphatic rings. The zero-order valence-corrected chi connectivity index (χ0v) is 16.8. The Labute approximate surface area is 165 Å². The average Bonchev–Trinajstić information content (AvgIpc) is 3.53. The number of fused-ring (bicyclic) bond motifs is 1. The Hall–Kier alpha value is -1.90. The molecule has 2 fully saturated rings. The van der Waals surface area contributed by atoms with Crippen LogP contribution in [0.4, 0.5) is 0 Å². The van der Waals surface area contributed by atoms with Gasteiger partial charge in [0.15, 0.2) is 0 Å². The van der Waals surface area contributed by atoms with Crippen LogP contribution in [-0.2, 0) is 10.0 Å². The summed E-state index contributed by atoms with van der Waals surface area (Å²) < 4.78 is 32.4. The molecule has 1 aliphatic heterocycles. The largest absolute Gasteiger partial charge is 0.494 e. The molecule has 1 aromatic carbocycles. The highest BCUT2D eigenvalue weighted by Crippen LogP contribution is 2.28. The van der Waals surface area contributed by atoms with Crippen LogP contribution in [0, 0.1) is 0 Å². The molecule has 152 valence electrons. The molecule has 0 bridgehead atoms. The maximum absolute atomic E-state index is 12.5. The Morgan fingerprint density at radius 2 is 1.82 bits per heavy atom. The van der Waals surface area contributed by atoms with Gasteiger partial charge in [-0.15, -0.1) is 0 Å². The maximum Gasteiger partial charge on any atom is 0.248 e. The highest BCUT2D eigenvalue weighted by atomic mass is 32.2. The molecule has 0 radical (unpaired) electrons. The van der Waals surface area contributed by atoms with Gasteiger partial charge in [0.05, 0.1) is 12.4 Å². The number of unbranched alkanes of at least 4 members (excludes halogenated alkanes) is 1. The van der Waals surface area contributed by atoms with Gasteiger partial charge in [-0.2, -0.15) is 4.31 Å². The normalized spacial score (nSPS) is 19.1. The number of nitrogens with zero attached hydrogens (tertiary/aromatic N) is 2. The lowest BCUT2D eigenvalue weighted by molar-refractivity contribution is 0.180. The fourth-order valence-corrected chi connectivity index (χ4v) is 5.26. The van der Waals surface area contributed by atoms with E-state index in [9.17, 15) is 13.2 Å². The van der Waals surface area contributed by atoms with E-state index in [-0.39, 0.29) is 11.3 Å². The molecule has 8 heteroatoms. The third-order valence-corrected chi connectivity index (χ3v) is 7.45. The molecule has 0 unspecified atom stereocenters. The smallest absolute Gasteiger partial charge is 0.248 e. The fourth-order valence-electron chi connectivity index (χ4n) is 3.71. The summed E-state index contributed by atoms with van der Waals surface area (Å²) >= 11 is 0. The van der Waals surface area contributed by atoms with Crippen molar-refractivity contribution in [1.82, 2.24) is 14.2 Å². The zero-order chi connectivity index (χ0) is 19.6. The van der Waals surface area contributed by atoms with Gasteiger partial charge in [-0.05, 0) is 49.9 Å². The lowest BCUT2D eigenvalue weighted by Crippen LogP contribution is -2.49. The zero-order valence-electron chi connectivity index (χ0n) is 16.0. The van der Waals surface area contributed by atoms with Crippen molar-refractivity contribution in [1.29, 1.82) is 0 Å². The number of sulfonamides is 1. The second kappa shape index (κ2) is 8.23. The summed E-state index contributed by atoms with van der Waals surface area (Å²) in [6.07, 6.45) is 3.81. The molecule has 7 nitrogen and oxygen atoms in total. The van der Waals surface area contributed by atoms with Gasteiger partial charge in [-0.1, -0.05) is 0 Å². The van der Waals surface area contributed by atoms with Crippen molar-refractivity contribution < 1.29 is 13.2 Å². The molecule has 0 spiro atoms. The number of rotatable bonds is 8. The minimum Gasteiger partial charge on any atom is -0.494 e. The van der Waals surface area contributed by atoms with Crippen molar-refractivity contribution >= 4 is 20.9 Å². The molecule has 28 heavy (non-hydrogen) atoms. The van der Waals surface area contributed by atoms with E-state index in [1.807, 2.05) is 18.2 Å². The van der Waals surface area contributed by atoms with E-state index in [0.29, 0.717) is 38.6 Å². The van der Waals surface area contributed by atoms with Crippen LogP contribution in [0.1, 0.15) is 25.7 Å². The summed E-state index contributed by atoms with van der Waals surface area (Å²) in [5.74, 6) is 0.900. The second-order valence-electron chi connectivity index (χ2n) is 7.61. The van der Waals surface area contributed by atoms with Crippen LogP contribution in [0.5, 0.6) is 5.75 Å². The third kappa shape index (κ3) is 4.74. The molecule has 1 aromatic heterocycles. The molecule has 1 saturated carbocycles. The van der Waals surface area contributed by atoms with Gasteiger partial charge in [0, 0.05) is 49.2 Å². The number of pyridine rings is 1. The standard InChI is InChI=1S/C20H27N3O4S/c24-20-8-3-16-15-18(6-7-19(16)21-20)27-13-1-2-14-28(25,26)23-11-9-22(10-12-23)17-4-5-17/h3,6-8,15,17H,1-2,4-5,9-14H2,(H,21,24). The topological polar surface area (TPSA) is 82.7 Å². The van der Waals surface area contributed by atoms with E-state index < -0.39 is 10.0 Å². The van der Waals surface area contributed by atoms with Crippen LogP contribution >= 0.6 is 0 Å². The van der Waals surface area contributed by atoms with Crippen LogP contribution < -0.4 is 10.3 Å². The van der Waals surface area contributed by atoms with Crippen LogP contribution in [0.2, 0.25) is 0 Å². The van der Waals surface area contributed by atoms with E-state index in [0.717, 1.165) is 29.7 Å². The summed E-state index contributed by atoms with van der Waals surface area (Å²) in [7, 11) is -3.17. The molecule has 1 aliphatic carbocycles. The lowest BCUT2D eigenvalue weighted by atomic mass is 10.2. The first-order chi connectivity index (χ1) is 13.5. The minimum absolute atomic E-state index is 0.128. The molecule has 2 aromatic rings. The molecule has 1 saturated heterocycles. The molecule has 0 atom stereocenters. The number of benzene rings is 1. The van der Waals surface area contributed by atoms with Crippen LogP contribution in [0.25, 0.3) is 10.9 Å². The SMILES string of the molecule is O=c1ccc2cc(OCCCCS(=O)(=O)N3CCN(C4CC4)CC3)ccc2[nH]1. The van der Waals surface area contributed by atoms with E-state index in [2.05, 4.69) is 9.88 Å². The van der Waals surface area contributed by atoms with Gasteiger partial charge in [0.1, 0.15) is 5.75 Å². The highest BCUT2D eigenvalue weighted by Gasteiger charge is 2.34. The quantitative estimate of drug-likeness (QED) is 0.677. The predicted molar refractivity (Wildman–Crippen MR) is 109 cm³/mol. The molecule has 0 amide bonds. The van der Waals surface area contributed by atoms with E-state index >= 15 is 0 Å². The number of nitrogens with one attached hydrogen (secondary N) is 1. The number of H-pyrrole nitrogens is 1. The van der Waals surface area contributed by atoms with Gasteiger partial charge in [-0.3, -0.25) is 9.69 Å². The number of hydrogen-bond acceptors (Lipinski definition) is 5. The van der Waals surface area contributed by atoms with Crippen molar-refractivity contribution in [2.75, 3.05) is 38.5 Å². The van der Waals surface area contributed by atoms with E-state index in [1.165, 1.54) is 18.9 Å². The Kier molecular flexibility index (Phi) is 5.70. The Bertz CT molecular complexity index is 976. The van der Waals surface area contributed by atoms with Crippen molar-refractivity contribution in [2.24, 2.45) is 0 Å². The van der Waals surface area contributed by atoms with Crippen molar-refractivity contribution in [3.05, 3.63) is 40.7 Å². The minimum atomic E-state index is -3.17. The Morgan fingerprint density at radius 3 is 2.57 bits per heavy atom. The first kappa shape index (κ1) is 19.4. The highest BCUT2D eigenvalue weighted by molar-refractivity contribution is 7.89. The van der Waals surface area contributed by atoms with Gasteiger partial charge in [0.2, 0.25) is 15.6 Å². The first-order valence-corrected chi connectivity index (χ1v) is 11.6. The first-order valence-electron chi connectivity index (χ1n) is 9.99.